The molecule has 3 rings (SSSR count). The summed E-state index contributed by atoms with van der Waals surface area (Å²) < 4.78 is 12.2. The van der Waals surface area contributed by atoms with E-state index >= 15 is 0 Å². The second-order valence-electron chi connectivity index (χ2n) is 7.37. The second-order valence-corrected chi connectivity index (χ2v) is 8.92. The van der Waals surface area contributed by atoms with Crippen LogP contribution >= 0.6 is 34.8 Å². The SMILES string of the molecule is CCN1CCN(C(=S)c2cc(I)c(OCC(=O)Nc3ccccc3C)c(OC)c2)CC1. The molecule has 1 saturated heterocycles. The van der Waals surface area contributed by atoms with Crippen LogP contribution in [0, 0.1) is 10.5 Å². The molecule has 1 aliphatic heterocycles. The topological polar surface area (TPSA) is 54.0 Å². The molecule has 0 atom stereocenters. The van der Waals surface area contributed by atoms with Crippen molar-refractivity contribution in [2.45, 2.75) is 13.8 Å². The number of rotatable bonds is 7. The van der Waals surface area contributed by atoms with Gasteiger partial charge in [0, 0.05) is 37.4 Å². The highest BCUT2D eigenvalue weighted by Gasteiger charge is 2.21. The van der Waals surface area contributed by atoms with E-state index in [1.165, 1.54) is 0 Å². The normalized spacial score (nSPS) is 14.3. The van der Waals surface area contributed by atoms with Crippen molar-refractivity contribution >= 4 is 51.4 Å². The third kappa shape index (κ3) is 6.08. The Morgan fingerprint density at radius 1 is 1.19 bits per heavy atom. The average molecular weight is 553 g/mol. The maximum Gasteiger partial charge on any atom is 0.262 e. The van der Waals surface area contributed by atoms with Gasteiger partial charge in [0.05, 0.1) is 10.7 Å². The van der Waals surface area contributed by atoms with Gasteiger partial charge in [-0.3, -0.25) is 4.79 Å². The number of ether oxygens (including phenoxy) is 2. The average Bonchev–Trinajstić information content (AvgIpc) is 2.78. The number of piperazine rings is 1. The number of amides is 1. The summed E-state index contributed by atoms with van der Waals surface area (Å²) in [4.78, 5) is 17.8. The van der Waals surface area contributed by atoms with Crippen molar-refractivity contribution in [3.63, 3.8) is 0 Å². The molecule has 1 fully saturated rings. The van der Waals surface area contributed by atoms with E-state index in [-0.39, 0.29) is 12.5 Å². The fraction of sp³-hybridized carbons (Fsp3) is 0.391. The van der Waals surface area contributed by atoms with Gasteiger partial charge in [0.2, 0.25) is 0 Å². The summed E-state index contributed by atoms with van der Waals surface area (Å²) in [6, 6.07) is 11.5. The molecule has 2 aromatic carbocycles. The number of thiocarbonyl (C=S) groups is 1. The Hall–Kier alpha value is -1.91. The number of hydrogen-bond acceptors (Lipinski definition) is 5. The number of benzene rings is 2. The van der Waals surface area contributed by atoms with Crippen molar-refractivity contribution in [3.05, 3.63) is 51.1 Å². The molecule has 1 N–H and O–H groups in total. The van der Waals surface area contributed by atoms with Crippen molar-refractivity contribution in [3.8, 4) is 11.5 Å². The summed E-state index contributed by atoms with van der Waals surface area (Å²) in [5.74, 6) is 0.895. The number of nitrogens with zero attached hydrogens (tertiary/aromatic N) is 2. The van der Waals surface area contributed by atoms with Crippen molar-refractivity contribution in [2.24, 2.45) is 0 Å². The molecule has 166 valence electrons. The first-order valence-corrected chi connectivity index (χ1v) is 11.8. The molecule has 1 aliphatic rings. The summed E-state index contributed by atoms with van der Waals surface area (Å²) >= 11 is 7.96. The Morgan fingerprint density at radius 3 is 2.55 bits per heavy atom. The summed E-state index contributed by atoms with van der Waals surface area (Å²) in [7, 11) is 1.60. The van der Waals surface area contributed by atoms with Crippen LogP contribution in [0.5, 0.6) is 11.5 Å². The summed E-state index contributed by atoms with van der Waals surface area (Å²) in [5, 5.41) is 2.88. The lowest BCUT2D eigenvalue weighted by atomic mass is 10.1. The lowest BCUT2D eigenvalue weighted by Crippen LogP contribution is -2.48. The first-order chi connectivity index (χ1) is 14.9. The van der Waals surface area contributed by atoms with Crippen LogP contribution in [0.3, 0.4) is 0 Å². The number of hydrogen-bond donors (Lipinski definition) is 1. The zero-order chi connectivity index (χ0) is 22.4. The number of carbonyl (C=O) groups excluding carboxylic acids is 1. The van der Waals surface area contributed by atoms with E-state index in [4.69, 9.17) is 21.7 Å². The quantitative estimate of drug-likeness (QED) is 0.415. The number of nitrogens with one attached hydrogen (secondary N) is 1. The molecular weight excluding hydrogens is 525 g/mol. The Balaban J connectivity index is 1.67. The summed E-state index contributed by atoms with van der Waals surface area (Å²) in [6.07, 6.45) is 0. The van der Waals surface area contributed by atoms with Crippen molar-refractivity contribution in [2.75, 3.05) is 51.8 Å². The predicted octanol–water partition coefficient (Wildman–Crippen LogP) is 3.94. The molecule has 8 heteroatoms. The highest BCUT2D eigenvalue weighted by Crippen LogP contribution is 2.34. The van der Waals surface area contributed by atoms with E-state index < -0.39 is 0 Å². The molecule has 1 heterocycles. The second kappa shape index (κ2) is 11.1. The fourth-order valence-electron chi connectivity index (χ4n) is 3.47. The smallest absolute Gasteiger partial charge is 0.262 e. The third-order valence-electron chi connectivity index (χ3n) is 5.35. The van der Waals surface area contributed by atoms with Gasteiger partial charge in [-0.05, 0) is 59.8 Å². The molecule has 0 aliphatic carbocycles. The summed E-state index contributed by atoms with van der Waals surface area (Å²) in [5.41, 5.74) is 2.71. The lowest BCUT2D eigenvalue weighted by molar-refractivity contribution is -0.118. The van der Waals surface area contributed by atoms with Crippen LogP contribution in [0.4, 0.5) is 5.69 Å². The van der Waals surface area contributed by atoms with Crippen LogP contribution in [0.15, 0.2) is 36.4 Å². The van der Waals surface area contributed by atoms with E-state index in [9.17, 15) is 4.79 Å². The van der Waals surface area contributed by atoms with E-state index in [1.807, 2.05) is 43.3 Å². The van der Waals surface area contributed by atoms with Crippen LogP contribution in [0.2, 0.25) is 0 Å². The van der Waals surface area contributed by atoms with Crippen LogP contribution in [-0.2, 0) is 4.79 Å². The molecule has 0 radical (unpaired) electrons. The number of para-hydroxylation sites is 1. The highest BCUT2D eigenvalue weighted by molar-refractivity contribution is 14.1. The van der Waals surface area contributed by atoms with Gasteiger partial charge in [-0.15, -0.1) is 0 Å². The maximum atomic E-state index is 12.4. The molecule has 0 saturated carbocycles. The Kier molecular flexibility index (Phi) is 8.50. The van der Waals surface area contributed by atoms with Crippen molar-refractivity contribution in [1.82, 2.24) is 9.80 Å². The number of aryl methyl sites for hydroxylation is 1. The minimum Gasteiger partial charge on any atom is -0.493 e. The van der Waals surface area contributed by atoms with Crippen LogP contribution in [-0.4, -0.2) is 67.1 Å². The third-order valence-corrected chi connectivity index (χ3v) is 6.65. The molecule has 0 aromatic heterocycles. The zero-order valence-electron chi connectivity index (χ0n) is 18.1. The number of halogens is 1. The Bertz CT molecular complexity index is 946. The first kappa shape index (κ1) is 23.7. The van der Waals surface area contributed by atoms with Gasteiger partial charge in [-0.25, -0.2) is 0 Å². The molecule has 0 bridgehead atoms. The van der Waals surface area contributed by atoms with E-state index in [0.29, 0.717) is 11.5 Å². The molecular formula is C23H28IN3O3S. The van der Waals surface area contributed by atoms with Gasteiger partial charge in [0.1, 0.15) is 4.99 Å². The van der Waals surface area contributed by atoms with Crippen LogP contribution in [0.1, 0.15) is 18.1 Å². The van der Waals surface area contributed by atoms with Crippen LogP contribution < -0.4 is 14.8 Å². The molecule has 0 spiro atoms. The van der Waals surface area contributed by atoms with Gasteiger partial charge in [-0.2, -0.15) is 0 Å². The Labute approximate surface area is 203 Å². The van der Waals surface area contributed by atoms with Crippen LogP contribution in [0.25, 0.3) is 0 Å². The number of likely N-dealkylation sites (N-methyl/N-ethyl adjacent to an activating group) is 1. The predicted molar refractivity (Wildman–Crippen MR) is 136 cm³/mol. The number of methoxy groups -OCH3 is 1. The van der Waals surface area contributed by atoms with Crippen molar-refractivity contribution < 1.29 is 14.3 Å². The lowest BCUT2D eigenvalue weighted by Gasteiger charge is -2.35. The Morgan fingerprint density at radius 2 is 1.90 bits per heavy atom. The minimum atomic E-state index is -0.222. The number of anilines is 1. The minimum absolute atomic E-state index is 0.108. The molecule has 1 amide bonds. The van der Waals surface area contributed by atoms with Gasteiger partial charge >= 0.3 is 0 Å². The molecule has 31 heavy (non-hydrogen) atoms. The van der Waals surface area contributed by atoms with Crippen molar-refractivity contribution in [1.29, 1.82) is 0 Å². The van der Waals surface area contributed by atoms with E-state index in [1.54, 1.807) is 7.11 Å². The maximum absolute atomic E-state index is 12.4. The van der Waals surface area contributed by atoms with Gasteiger partial charge in [-0.1, -0.05) is 37.3 Å². The number of carbonyl (C=O) groups is 1. The van der Waals surface area contributed by atoms with Gasteiger partial charge in [0.25, 0.3) is 5.91 Å². The summed E-state index contributed by atoms with van der Waals surface area (Å²) in [6.45, 7) is 8.96. The first-order valence-electron chi connectivity index (χ1n) is 10.3. The van der Waals surface area contributed by atoms with E-state index in [0.717, 1.165) is 58.1 Å². The monoisotopic (exact) mass is 553 g/mol. The molecule has 0 unspecified atom stereocenters. The standard InChI is InChI=1S/C23H28IN3O3S/c1-4-26-9-11-27(12-10-26)23(31)17-13-18(24)22(20(14-17)29-3)30-15-21(28)25-19-8-6-5-7-16(19)2/h5-8,13-14H,4,9-12,15H2,1-3H3,(H,25,28). The fourth-order valence-corrected chi connectivity index (χ4v) is 4.53. The largest absolute Gasteiger partial charge is 0.493 e. The molecule has 2 aromatic rings. The highest BCUT2D eigenvalue weighted by atomic mass is 127. The molecule has 6 nitrogen and oxygen atoms in total. The zero-order valence-corrected chi connectivity index (χ0v) is 21.1. The van der Waals surface area contributed by atoms with E-state index in [2.05, 4.69) is 44.6 Å². The van der Waals surface area contributed by atoms with Gasteiger partial charge < -0.3 is 24.6 Å². The van der Waals surface area contributed by atoms with Gasteiger partial charge in [0.15, 0.2) is 18.1 Å².